The van der Waals surface area contributed by atoms with Gasteiger partial charge in [-0.25, -0.2) is 0 Å². The molecule has 0 bridgehead atoms. The highest BCUT2D eigenvalue weighted by atomic mass is 16.5. The summed E-state index contributed by atoms with van der Waals surface area (Å²) in [7, 11) is 7.32. The van der Waals surface area contributed by atoms with Crippen LogP contribution < -0.4 is 10.1 Å². The van der Waals surface area contributed by atoms with E-state index in [2.05, 4.69) is 19.8 Å². The summed E-state index contributed by atoms with van der Waals surface area (Å²) in [6.45, 7) is 1.31. The van der Waals surface area contributed by atoms with E-state index in [-0.39, 0.29) is 6.10 Å². The van der Waals surface area contributed by atoms with Crippen molar-refractivity contribution in [2.24, 2.45) is 0 Å². The molecule has 180 valence electrons. The Kier molecular flexibility index (Phi) is 5.92. The number of hydrogen-bond acceptors (Lipinski definition) is 5. The molecular formula is C27H28N4O4. The molecule has 3 heterocycles. The first-order valence-electron chi connectivity index (χ1n) is 11.4. The molecule has 1 aliphatic rings. The molecule has 2 aromatic heterocycles. The Bertz CT molecular complexity index is 1480. The van der Waals surface area contributed by atoms with Gasteiger partial charge in [-0.3, -0.25) is 14.9 Å². The second-order valence-electron chi connectivity index (χ2n) is 8.98. The molecule has 2 N–H and O–H groups in total. The molecule has 0 saturated heterocycles. The minimum absolute atomic E-state index is 0.0687. The van der Waals surface area contributed by atoms with E-state index in [9.17, 15) is 9.59 Å². The summed E-state index contributed by atoms with van der Waals surface area (Å²) in [5.41, 5.74) is 3.95. The first-order valence-corrected chi connectivity index (χ1v) is 11.4. The molecule has 0 spiro atoms. The summed E-state index contributed by atoms with van der Waals surface area (Å²) < 4.78 is 13.3. The molecule has 1 aliphatic heterocycles. The molecule has 8 nitrogen and oxygen atoms in total. The Morgan fingerprint density at radius 3 is 2.43 bits per heavy atom. The second-order valence-corrected chi connectivity index (χ2v) is 8.98. The highest BCUT2D eigenvalue weighted by Crippen LogP contribution is 2.39. The maximum atomic E-state index is 13.2. The van der Waals surface area contributed by atoms with Gasteiger partial charge in [0.1, 0.15) is 5.75 Å². The number of aromatic nitrogens is 2. The van der Waals surface area contributed by atoms with Crippen LogP contribution in [0.4, 0.5) is 0 Å². The standard InChI is InChI=1S/C27H28N4O4/c1-30(2)13-17(35-4)14-31-15-21(19-10-9-16(34-3)11-23(19)31)25-24(26(32)29-27(25)33)20-12-28-22-8-6-5-7-18(20)22/h5-12,15,17,28H,13-14H2,1-4H3,(H,29,32,33). The van der Waals surface area contributed by atoms with E-state index in [1.54, 1.807) is 20.4 Å². The molecule has 0 fully saturated rings. The maximum absolute atomic E-state index is 13.2. The largest absolute Gasteiger partial charge is 0.497 e. The van der Waals surface area contributed by atoms with Crippen molar-refractivity contribution in [3.63, 3.8) is 0 Å². The number of likely N-dealkylation sites (N-methyl/N-ethyl adjacent to an activating group) is 1. The summed E-state index contributed by atoms with van der Waals surface area (Å²) in [5.74, 6) is -0.0870. The molecule has 0 aliphatic carbocycles. The zero-order valence-electron chi connectivity index (χ0n) is 20.2. The lowest BCUT2D eigenvalue weighted by atomic mass is 9.95. The number of carbonyl (C=O) groups is 2. The van der Waals surface area contributed by atoms with Gasteiger partial charge in [0, 0.05) is 59.5 Å². The van der Waals surface area contributed by atoms with Crippen molar-refractivity contribution in [3.8, 4) is 5.75 Å². The number of nitrogens with one attached hydrogen (secondary N) is 2. The molecule has 2 aromatic carbocycles. The molecule has 35 heavy (non-hydrogen) atoms. The van der Waals surface area contributed by atoms with E-state index < -0.39 is 11.8 Å². The fraction of sp³-hybridized carbons (Fsp3) is 0.259. The van der Waals surface area contributed by atoms with Crippen LogP contribution in [0.25, 0.3) is 33.0 Å². The second kappa shape index (κ2) is 9.05. The number of imide groups is 1. The lowest BCUT2D eigenvalue weighted by Gasteiger charge is -2.20. The van der Waals surface area contributed by atoms with E-state index in [0.717, 1.165) is 28.4 Å². The van der Waals surface area contributed by atoms with E-state index in [0.29, 0.717) is 34.6 Å². The lowest BCUT2D eigenvalue weighted by Crippen LogP contribution is -2.31. The zero-order valence-corrected chi connectivity index (χ0v) is 20.2. The monoisotopic (exact) mass is 472 g/mol. The van der Waals surface area contributed by atoms with Crippen LogP contribution in [0.5, 0.6) is 5.75 Å². The number of hydrogen-bond donors (Lipinski definition) is 2. The van der Waals surface area contributed by atoms with Gasteiger partial charge in [0.2, 0.25) is 0 Å². The van der Waals surface area contributed by atoms with Crippen molar-refractivity contribution < 1.29 is 19.1 Å². The number of carbonyl (C=O) groups excluding carboxylic acids is 2. The van der Waals surface area contributed by atoms with Gasteiger partial charge in [-0.1, -0.05) is 18.2 Å². The predicted molar refractivity (Wildman–Crippen MR) is 136 cm³/mol. The van der Waals surface area contributed by atoms with Crippen LogP contribution in [0.2, 0.25) is 0 Å². The molecule has 5 rings (SSSR count). The van der Waals surface area contributed by atoms with Gasteiger partial charge in [0.25, 0.3) is 11.8 Å². The normalized spacial score (nSPS) is 15.0. The third kappa shape index (κ3) is 4.00. The summed E-state index contributed by atoms with van der Waals surface area (Å²) >= 11 is 0. The average molecular weight is 473 g/mol. The minimum atomic E-state index is -0.401. The van der Waals surface area contributed by atoms with E-state index in [1.807, 2.05) is 62.8 Å². The number of H-pyrrole nitrogens is 1. The van der Waals surface area contributed by atoms with Crippen LogP contribution in [0.3, 0.4) is 0 Å². The first kappa shape index (κ1) is 22.9. The van der Waals surface area contributed by atoms with Gasteiger partial charge in [-0.15, -0.1) is 0 Å². The fourth-order valence-corrected chi connectivity index (χ4v) is 4.83. The number of nitrogens with zero attached hydrogens (tertiary/aromatic N) is 2. The predicted octanol–water partition coefficient (Wildman–Crippen LogP) is 3.28. The minimum Gasteiger partial charge on any atom is -0.497 e. The smallest absolute Gasteiger partial charge is 0.259 e. The van der Waals surface area contributed by atoms with Gasteiger partial charge in [-0.2, -0.15) is 0 Å². The molecule has 1 atom stereocenters. The van der Waals surface area contributed by atoms with E-state index in [4.69, 9.17) is 9.47 Å². The van der Waals surface area contributed by atoms with Crippen LogP contribution >= 0.6 is 0 Å². The molecule has 8 heteroatoms. The van der Waals surface area contributed by atoms with Gasteiger partial charge in [-0.05, 0) is 32.3 Å². The van der Waals surface area contributed by atoms with Crippen LogP contribution in [0, 0.1) is 0 Å². The van der Waals surface area contributed by atoms with Crippen molar-refractivity contribution in [3.05, 3.63) is 66.0 Å². The van der Waals surface area contributed by atoms with Gasteiger partial charge >= 0.3 is 0 Å². The maximum Gasteiger partial charge on any atom is 0.259 e. The Morgan fingerprint density at radius 1 is 0.971 bits per heavy atom. The number of amides is 2. The van der Waals surface area contributed by atoms with Crippen molar-refractivity contribution in [2.45, 2.75) is 12.6 Å². The van der Waals surface area contributed by atoms with Crippen LogP contribution in [0.1, 0.15) is 11.1 Å². The molecule has 4 aromatic rings. The summed E-state index contributed by atoms with van der Waals surface area (Å²) in [6.07, 6.45) is 3.66. The SMILES string of the molecule is COc1ccc2c(C3=C(c4c[nH]c5ccccc45)C(=O)NC3=O)cn(CC(CN(C)C)OC)c2c1. The molecule has 0 radical (unpaired) electrons. The van der Waals surface area contributed by atoms with Crippen LogP contribution in [-0.2, 0) is 20.9 Å². The van der Waals surface area contributed by atoms with E-state index >= 15 is 0 Å². The fourth-order valence-electron chi connectivity index (χ4n) is 4.83. The number of rotatable bonds is 8. The zero-order chi connectivity index (χ0) is 24.7. The highest BCUT2D eigenvalue weighted by molar-refractivity contribution is 6.50. The van der Waals surface area contributed by atoms with E-state index in [1.165, 1.54) is 0 Å². The lowest BCUT2D eigenvalue weighted by molar-refractivity contribution is -0.122. The number of methoxy groups -OCH3 is 2. The summed E-state index contributed by atoms with van der Waals surface area (Å²) in [6, 6.07) is 13.5. The van der Waals surface area contributed by atoms with Crippen molar-refractivity contribution in [1.82, 2.24) is 19.8 Å². The topological polar surface area (TPSA) is 88.6 Å². The third-order valence-corrected chi connectivity index (χ3v) is 6.45. The van der Waals surface area contributed by atoms with Gasteiger partial charge < -0.3 is 23.9 Å². The van der Waals surface area contributed by atoms with Crippen LogP contribution in [0.15, 0.2) is 54.9 Å². The van der Waals surface area contributed by atoms with Crippen molar-refractivity contribution in [1.29, 1.82) is 0 Å². The summed E-state index contributed by atoms with van der Waals surface area (Å²) in [5, 5.41) is 4.26. The van der Waals surface area contributed by atoms with Gasteiger partial charge in [0.05, 0.1) is 36.4 Å². The number of aromatic amines is 1. The first-order chi connectivity index (χ1) is 16.9. The van der Waals surface area contributed by atoms with Gasteiger partial charge in [0.15, 0.2) is 0 Å². The molecule has 1 unspecified atom stereocenters. The number of para-hydroxylation sites is 1. The van der Waals surface area contributed by atoms with Crippen LogP contribution in [-0.4, -0.2) is 67.2 Å². The number of benzene rings is 2. The quantitative estimate of drug-likeness (QED) is 0.384. The molecule has 0 saturated carbocycles. The third-order valence-electron chi connectivity index (χ3n) is 6.45. The Hall–Kier alpha value is -3.88. The Morgan fingerprint density at radius 2 is 1.71 bits per heavy atom. The summed E-state index contributed by atoms with van der Waals surface area (Å²) in [4.78, 5) is 31.5. The Labute approximate surface area is 203 Å². The molecule has 2 amide bonds. The molecular weight excluding hydrogens is 444 g/mol. The van der Waals surface area contributed by atoms with Crippen molar-refractivity contribution in [2.75, 3.05) is 34.9 Å². The number of ether oxygens (including phenoxy) is 2. The Balaban J connectivity index is 1.73. The highest BCUT2D eigenvalue weighted by Gasteiger charge is 2.35. The van der Waals surface area contributed by atoms with Crippen molar-refractivity contribution >= 4 is 44.8 Å². The number of fused-ring (bicyclic) bond motifs is 2. The average Bonchev–Trinajstić information content (AvgIpc) is 3.50.